The highest BCUT2D eigenvalue weighted by molar-refractivity contribution is 7.98. The van der Waals surface area contributed by atoms with Gasteiger partial charge in [0.2, 0.25) is 10.3 Å². The van der Waals surface area contributed by atoms with Gasteiger partial charge in [-0.2, -0.15) is 0 Å². The van der Waals surface area contributed by atoms with Gasteiger partial charge in [-0.05, 0) is 10.4 Å². The molecule has 74 valence electrons. The second-order valence-electron chi connectivity index (χ2n) is 2.41. The molecule has 0 unspecified atom stereocenters. The van der Waals surface area contributed by atoms with Gasteiger partial charge in [0.25, 0.3) is 0 Å². The number of hydrogen-bond acceptors (Lipinski definition) is 8. The topological polar surface area (TPSA) is 95.4 Å². The Labute approximate surface area is 87.7 Å². The highest BCUT2D eigenvalue weighted by Crippen LogP contribution is 2.21. The van der Waals surface area contributed by atoms with Crippen LogP contribution < -0.4 is 5.73 Å². The summed E-state index contributed by atoms with van der Waals surface area (Å²) >= 11 is 2.87. The van der Waals surface area contributed by atoms with Crippen LogP contribution in [-0.2, 0) is 12.8 Å². The molecule has 0 atom stereocenters. The minimum absolute atomic E-state index is 0.483. The Balaban J connectivity index is 1.98. The van der Waals surface area contributed by atoms with Gasteiger partial charge < -0.3 is 5.73 Å². The number of nitrogens with two attached hydrogens (primary N) is 1. The van der Waals surface area contributed by atoms with Gasteiger partial charge in [0, 0.05) is 7.05 Å². The molecule has 0 bridgehead atoms. The summed E-state index contributed by atoms with van der Waals surface area (Å²) in [6.45, 7) is 0. The van der Waals surface area contributed by atoms with Gasteiger partial charge in [-0.3, -0.25) is 0 Å². The van der Waals surface area contributed by atoms with E-state index in [1.54, 1.807) is 11.7 Å². The number of aromatic nitrogens is 6. The minimum Gasteiger partial charge on any atom is -0.374 e. The van der Waals surface area contributed by atoms with Crippen LogP contribution >= 0.6 is 23.1 Å². The van der Waals surface area contributed by atoms with Gasteiger partial charge in [0.1, 0.15) is 5.01 Å². The first-order chi connectivity index (χ1) is 6.75. The van der Waals surface area contributed by atoms with Crippen LogP contribution in [0.5, 0.6) is 0 Å². The van der Waals surface area contributed by atoms with Crippen LogP contribution in [0.15, 0.2) is 5.16 Å². The Kier molecular flexibility index (Phi) is 2.59. The van der Waals surface area contributed by atoms with Gasteiger partial charge in [-0.25, -0.2) is 4.68 Å². The van der Waals surface area contributed by atoms with Gasteiger partial charge >= 0.3 is 0 Å². The molecule has 2 aromatic heterocycles. The van der Waals surface area contributed by atoms with Gasteiger partial charge in [-0.15, -0.1) is 15.3 Å². The van der Waals surface area contributed by atoms with Crippen LogP contribution in [0.1, 0.15) is 5.01 Å². The van der Waals surface area contributed by atoms with Crippen molar-refractivity contribution in [3.63, 3.8) is 0 Å². The van der Waals surface area contributed by atoms with E-state index in [0.717, 1.165) is 10.2 Å². The lowest BCUT2D eigenvalue weighted by atomic mass is 10.9. The molecule has 9 heteroatoms. The molecular weight excluding hydrogens is 222 g/mol. The van der Waals surface area contributed by atoms with E-state index < -0.39 is 0 Å². The van der Waals surface area contributed by atoms with E-state index in [4.69, 9.17) is 5.73 Å². The van der Waals surface area contributed by atoms with Crippen molar-refractivity contribution in [2.45, 2.75) is 10.9 Å². The lowest BCUT2D eigenvalue weighted by Gasteiger charge is -1.94. The van der Waals surface area contributed by atoms with Crippen molar-refractivity contribution in [3.8, 4) is 0 Å². The number of rotatable bonds is 3. The zero-order valence-electron chi connectivity index (χ0n) is 7.28. The molecule has 0 saturated carbocycles. The molecule has 0 spiro atoms. The molecule has 2 N–H and O–H groups in total. The standard InChI is InChI=1S/C5H7N7S2/c1-12-5(9-10-11-12)13-2-3-7-8-4(6)14-3/h2H2,1H3,(H2,6,8). The fourth-order valence-corrected chi connectivity index (χ4v) is 2.24. The molecule has 14 heavy (non-hydrogen) atoms. The summed E-state index contributed by atoms with van der Waals surface area (Å²) in [7, 11) is 1.79. The van der Waals surface area contributed by atoms with Crippen molar-refractivity contribution in [3.05, 3.63) is 5.01 Å². The zero-order valence-corrected chi connectivity index (χ0v) is 8.92. The Morgan fingerprint density at radius 2 is 2.29 bits per heavy atom. The molecule has 2 rings (SSSR count). The molecule has 0 fully saturated rings. The normalized spacial score (nSPS) is 10.6. The average molecular weight is 229 g/mol. The van der Waals surface area contributed by atoms with Crippen LogP contribution in [0.4, 0.5) is 5.13 Å². The monoisotopic (exact) mass is 229 g/mol. The maximum absolute atomic E-state index is 5.45. The molecular formula is C5H7N7S2. The third kappa shape index (κ3) is 1.99. The van der Waals surface area contributed by atoms with Crippen LogP contribution in [0.2, 0.25) is 0 Å². The predicted molar refractivity (Wildman–Crippen MR) is 52.7 cm³/mol. The van der Waals surface area contributed by atoms with E-state index in [9.17, 15) is 0 Å². The zero-order chi connectivity index (χ0) is 9.97. The van der Waals surface area contributed by atoms with E-state index in [-0.39, 0.29) is 0 Å². The third-order valence-corrected chi connectivity index (χ3v) is 3.35. The summed E-state index contributed by atoms with van der Waals surface area (Å²) in [6, 6.07) is 0. The first-order valence-electron chi connectivity index (χ1n) is 3.68. The van der Waals surface area contributed by atoms with E-state index in [0.29, 0.717) is 10.9 Å². The molecule has 0 amide bonds. The van der Waals surface area contributed by atoms with Gasteiger partial charge in [0.15, 0.2) is 0 Å². The molecule has 0 aliphatic rings. The summed E-state index contributed by atoms with van der Waals surface area (Å²) < 4.78 is 1.61. The van der Waals surface area contributed by atoms with Crippen LogP contribution in [0.25, 0.3) is 0 Å². The molecule has 0 radical (unpaired) electrons. The van der Waals surface area contributed by atoms with Gasteiger partial charge in [-0.1, -0.05) is 23.1 Å². The summed E-state index contributed by atoms with van der Waals surface area (Å²) in [4.78, 5) is 0. The molecule has 2 aromatic rings. The second kappa shape index (κ2) is 3.88. The number of nitrogen functional groups attached to an aromatic ring is 1. The van der Waals surface area contributed by atoms with E-state index in [1.807, 2.05) is 0 Å². The van der Waals surface area contributed by atoms with Crippen LogP contribution in [0, 0.1) is 0 Å². The number of nitrogens with zero attached hydrogens (tertiary/aromatic N) is 6. The lowest BCUT2D eigenvalue weighted by molar-refractivity contribution is 0.664. The lowest BCUT2D eigenvalue weighted by Crippen LogP contribution is -1.93. The van der Waals surface area contributed by atoms with Crippen molar-refractivity contribution in [1.82, 2.24) is 30.4 Å². The van der Waals surface area contributed by atoms with E-state index >= 15 is 0 Å². The number of anilines is 1. The molecule has 0 aliphatic carbocycles. The quantitative estimate of drug-likeness (QED) is 0.736. The first kappa shape index (κ1) is 9.34. The Bertz CT molecular complexity index is 421. The summed E-state index contributed by atoms with van der Waals surface area (Å²) in [5, 5.41) is 20.8. The van der Waals surface area contributed by atoms with Crippen LogP contribution in [0.3, 0.4) is 0 Å². The average Bonchev–Trinajstić information content (AvgIpc) is 2.72. The molecule has 0 aliphatic heterocycles. The van der Waals surface area contributed by atoms with Crippen molar-refractivity contribution in [1.29, 1.82) is 0 Å². The molecule has 0 aromatic carbocycles. The minimum atomic E-state index is 0.483. The predicted octanol–water partition coefficient (Wildman–Crippen LogP) is -0.0639. The SMILES string of the molecule is Cn1nnnc1SCc1nnc(N)s1. The van der Waals surface area contributed by atoms with Crippen molar-refractivity contribution in [2.75, 3.05) is 5.73 Å². The van der Waals surface area contributed by atoms with Crippen molar-refractivity contribution < 1.29 is 0 Å². The summed E-state index contributed by atoms with van der Waals surface area (Å²) in [6.07, 6.45) is 0. The van der Waals surface area contributed by atoms with E-state index in [1.165, 1.54) is 23.1 Å². The first-order valence-corrected chi connectivity index (χ1v) is 5.49. The van der Waals surface area contributed by atoms with Crippen molar-refractivity contribution in [2.24, 2.45) is 7.05 Å². The van der Waals surface area contributed by atoms with Crippen LogP contribution in [-0.4, -0.2) is 30.4 Å². The fraction of sp³-hybridized carbons (Fsp3) is 0.400. The molecule has 0 saturated heterocycles. The number of tetrazole rings is 1. The Morgan fingerprint density at radius 1 is 1.43 bits per heavy atom. The van der Waals surface area contributed by atoms with Gasteiger partial charge in [0.05, 0.1) is 5.75 Å². The summed E-state index contributed by atoms with van der Waals surface area (Å²) in [5.74, 6) is 0.684. The summed E-state index contributed by atoms with van der Waals surface area (Å²) in [5.41, 5.74) is 5.45. The fourth-order valence-electron chi connectivity index (χ4n) is 0.795. The second-order valence-corrected chi connectivity index (χ2v) is 4.44. The Morgan fingerprint density at radius 3 is 2.86 bits per heavy atom. The maximum atomic E-state index is 5.45. The largest absolute Gasteiger partial charge is 0.374 e. The maximum Gasteiger partial charge on any atom is 0.209 e. The highest BCUT2D eigenvalue weighted by Gasteiger charge is 2.06. The smallest absolute Gasteiger partial charge is 0.209 e. The number of aryl methyl sites for hydroxylation is 1. The van der Waals surface area contributed by atoms with Crippen molar-refractivity contribution >= 4 is 28.2 Å². The molecule has 2 heterocycles. The molecule has 7 nitrogen and oxygen atoms in total. The third-order valence-electron chi connectivity index (χ3n) is 1.39. The van der Waals surface area contributed by atoms with E-state index in [2.05, 4.69) is 25.7 Å². The number of hydrogen-bond donors (Lipinski definition) is 1. The highest BCUT2D eigenvalue weighted by atomic mass is 32.2. The Hall–Kier alpha value is -1.22. The number of thioether (sulfide) groups is 1.